The molecule has 0 radical (unpaired) electrons. The summed E-state index contributed by atoms with van der Waals surface area (Å²) in [5.41, 5.74) is 0.774. The number of hydrogen-bond donors (Lipinski definition) is 2. The molecule has 1 heterocycles. The summed E-state index contributed by atoms with van der Waals surface area (Å²) in [4.78, 5) is 11.4. The van der Waals surface area contributed by atoms with Gasteiger partial charge in [-0.3, -0.25) is 0 Å². The highest BCUT2D eigenvalue weighted by atomic mass is 79.9. The zero-order chi connectivity index (χ0) is 11.3. The van der Waals surface area contributed by atoms with E-state index in [4.69, 9.17) is 10.1 Å². The van der Waals surface area contributed by atoms with Gasteiger partial charge in [0.05, 0.1) is 12.3 Å². The number of carbonyl (C=O) groups excluding carboxylic acids is 1. The number of dihydropyridines is 1. The van der Waals surface area contributed by atoms with E-state index >= 15 is 0 Å². The molecule has 2 N–H and O–H groups in total. The van der Waals surface area contributed by atoms with Gasteiger partial charge in [0.15, 0.2) is 0 Å². The zero-order valence-corrected chi connectivity index (χ0v) is 9.80. The van der Waals surface area contributed by atoms with Crippen LogP contribution in [-0.4, -0.2) is 18.8 Å². The van der Waals surface area contributed by atoms with Crippen molar-refractivity contribution in [3.8, 4) is 0 Å². The van der Waals surface area contributed by atoms with Crippen molar-refractivity contribution in [1.29, 1.82) is 5.41 Å². The highest BCUT2D eigenvalue weighted by Crippen LogP contribution is 2.14. The van der Waals surface area contributed by atoms with Gasteiger partial charge in [0.2, 0.25) is 0 Å². The first kappa shape index (κ1) is 11.7. The first-order chi connectivity index (χ1) is 7.19. The van der Waals surface area contributed by atoms with Crippen molar-refractivity contribution in [3.05, 3.63) is 34.1 Å². The second-order valence-electron chi connectivity index (χ2n) is 2.70. The van der Waals surface area contributed by atoms with Crippen LogP contribution in [0.1, 0.15) is 6.92 Å². The van der Waals surface area contributed by atoms with Crippen LogP contribution in [0.5, 0.6) is 0 Å². The van der Waals surface area contributed by atoms with Gasteiger partial charge in [-0.15, -0.1) is 0 Å². The van der Waals surface area contributed by atoms with Crippen LogP contribution in [0.4, 0.5) is 0 Å². The van der Waals surface area contributed by atoms with E-state index in [0.717, 1.165) is 10.7 Å². The topological polar surface area (TPSA) is 62.2 Å². The van der Waals surface area contributed by atoms with Crippen LogP contribution in [-0.2, 0) is 9.53 Å². The average molecular weight is 271 g/mol. The second kappa shape index (κ2) is 5.50. The van der Waals surface area contributed by atoms with Crippen LogP contribution in [0.25, 0.3) is 0 Å². The van der Waals surface area contributed by atoms with Crippen LogP contribution in [0.15, 0.2) is 34.1 Å². The average Bonchev–Trinajstić information content (AvgIpc) is 2.22. The first-order valence-electron chi connectivity index (χ1n) is 4.41. The number of allylic oxidation sites excluding steroid dienone is 3. The molecule has 0 amide bonds. The molecule has 0 unspecified atom stereocenters. The molecule has 1 aliphatic rings. The number of nitrogens with one attached hydrogen (secondary N) is 2. The third-order valence-electron chi connectivity index (χ3n) is 1.70. The number of ether oxygens (including phenoxy) is 1. The van der Waals surface area contributed by atoms with Crippen LogP contribution >= 0.6 is 15.9 Å². The lowest BCUT2D eigenvalue weighted by Crippen LogP contribution is -2.17. The molecule has 80 valence electrons. The summed E-state index contributed by atoms with van der Waals surface area (Å²) >= 11 is 3.27. The van der Waals surface area contributed by atoms with Gasteiger partial charge >= 0.3 is 5.97 Å². The molecule has 15 heavy (non-hydrogen) atoms. The first-order valence-corrected chi connectivity index (χ1v) is 5.20. The van der Waals surface area contributed by atoms with E-state index in [1.54, 1.807) is 25.3 Å². The van der Waals surface area contributed by atoms with Crippen molar-refractivity contribution in [3.63, 3.8) is 0 Å². The van der Waals surface area contributed by atoms with E-state index in [2.05, 4.69) is 21.2 Å². The molecule has 0 aliphatic carbocycles. The number of halogens is 1. The van der Waals surface area contributed by atoms with E-state index in [1.807, 2.05) is 0 Å². The van der Waals surface area contributed by atoms with Crippen molar-refractivity contribution in [2.45, 2.75) is 6.92 Å². The largest absolute Gasteiger partial charge is 0.462 e. The Labute approximate surface area is 96.3 Å². The van der Waals surface area contributed by atoms with Gasteiger partial charge in [-0.25, -0.2) is 4.79 Å². The molecular weight excluding hydrogens is 260 g/mol. The van der Waals surface area contributed by atoms with Crippen molar-refractivity contribution >= 4 is 28.1 Å². The standard InChI is InChI=1S/C10H11BrN2O2/c1-2-15-10(14)8(5-12)9-4-3-7(11)6-13-9/h3-6,12-13H,2H2,1H3/b9-8+,12-5?. The second-order valence-corrected chi connectivity index (χ2v) is 3.61. The maximum atomic E-state index is 11.4. The Morgan fingerprint density at radius 1 is 1.67 bits per heavy atom. The summed E-state index contributed by atoms with van der Waals surface area (Å²) in [5, 5.41) is 10.1. The summed E-state index contributed by atoms with van der Waals surface area (Å²) < 4.78 is 5.70. The fourth-order valence-corrected chi connectivity index (χ4v) is 1.28. The molecule has 1 rings (SSSR count). The van der Waals surface area contributed by atoms with Crippen LogP contribution < -0.4 is 5.32 Å². The minimum absolute atomic E-state index is 0.212. The lowest BCUT2D eigenvalue weighted by molar-refractivity contribution is -0.137. The highest BCUT2D eigenvalue weighted by molar-refractivity contribution is 9.11. The molecule has 1 aliphatic heterocycles. The lowest BCUT2D eigenvalue weighted by atomic mass is 10.2. The third kappa shape index (κ3) is 3.06. The van der Waals surface area contributed by atoms with Gasteiger partial charge in [-0.1, -0.05) is 0 Å². The Morgan fingerprint density at radius 2 is 2.40 bits per heavy atom. The van der Waals surface area contributed by atoms with Crippen molar-refractivity contribution < 1.29 is 9.53 Å². The van der Waals surface area contributed by atoms with Crippen LogP contribution in [0, 0.1) is 5.41 Å². The minimum Gasteiger partial charge on any atom is -0.462 e. The summed E-state index contributed by atoms with van der Waals surface area (Å²) in [7, 11) is 0. The molecular formula is C10H11BrN2O2. The summed E-state index contributed by atoms with van der Waals surface area (Å²) in [6.45, 7) is 2.03. The molecule has 0 fully saturated rings. The van der Waals surface area contributed by atoms with Crippen LogP contribution in [0.2, 0.25) is 0 Å². The van der Waals surface area contributed by atoms with Gasteiger partial charge < -0.3 is 15.5 Å². The number of hydrogen-bond acceptors (Lipinski definition) is 4. The molecule has 0 aromatic carbocycles. The highest BCUT2D eigenvalue weighted by Gasteiger charge is 2.13. The molecule has 0 aromatic heterocycles. The van der Waals surface area contributed by atoms with E-state index in [1.165, 1.54) is 0 Å². The SMILES string of the molecule is CCOC(=O)/C(C=N)=C1\C=CC(Br)=CN1. The lowest BCUT2D eigenvalue weighted by Gasteiger charge is -2.11. The zero-order valence-electron chi connectivity index (χ0n) is 8.21. The normalized spacial score (nSPS) is 17.6. The van der Waals surface area contributed by atoms with E-state index in [9.17, 15) is 4.79 Å². The van der Waals surface area contributed by atoms with Crippen molar-refractivity contribution in [1.82, 2.24) is 5.32 Å². The Bertz CT molecular complexity index is 370. The quantitative estimate of drug-likeness (QED) is 0.468. The number of rotatable bonds is 3. The van der Waals surface area contributed by atoms with Gasteiger partial charge in [-0.2, -0.15) is 0 Å². The molecule has 5 heteroatoms. The fraction of sp³-hybridized carbons (Fsp3) is 0.200. The summed E-state index contributed by atoms with van der Waals surface area (Å²) in [5.74, 6) is -0.494. The Hall–Kier alpha value is -1.36. The Kier molecular flexibility index (Phi) is 4.30. The summed E-state index contributed by atoms with van der Waals surface area (Å²) in [6, 6.07) is 0. The Balaban J connectivity index is 2.91. The molecule has 0 atom stereocenters. The van der Waals surface area contributed by atoms with Gasteiger partial charge in [0.25, 0.3) is 0 Å². The predicted molar refractivity (Wildman–Crippen MR) is 61.7 cm³/mol. The number of esters is 1. The Morgan fingerprint density at radius 3 is 2.87 bits per heavy atom. The number of carbonyl (C=O) groups is 1. The third-order valence-corrected chi connectivity index (χ3v) is 2.20. The van der Waals surface area contributed by atoms with Gasteiger partial charge in [0.1, 0.15) is 5.57 Å². The molecule has 0 bridgehead atoms. The van der Waals surface area contributed by atoms with E-state index < -0.39 is 5.97 Å². The maximum absolute atomic E-state index is 11.4. The van der Waals surface area contributed by atoms with Gasteiger partial charge in [-0.05, 0) is 35.0 Å². The molecule has 0 saturated carbocycles. The predicted octanol–water partition coefficient (Wildman–Crippen LogP) is 1.85. The monoisotopic (exact) mass is 270 g/mol. The van der Waals surface area contributed by atoms with Gasteiger partial charge in [0, 0.05) is 16.9 Å². The molecule has 4 nitrogen and oxygen atoms in total. The van der Waals surface area contributed by atoms with Crippen molar-refractivity contribution in [2.75, 3.05) is 6.61 Å². The van der Waals surface area contributed by atoms with Crippen molar-refractivity contribution in [2.24, 2.45) is 0 Å². The van der Waals surface area contributed by atoms with E-state index in [-0.39, 0.29) is 5.57 Å². The maximum Gasteiger partial charge on any atom is 0.341 e. The fourth-order valence-electron chi connectivity index (χ4n) is 1.03. The molecule has 0 spiro atoms. The van der Waals surface area contributed by atoms with Crippen LogP contribution in [0.3, 0.4) is 0 Å². The van der Waals surface area contributed by atoms with E-state index in [0.29, 0.717) is 12.3 Å². The minimum atomic E-state index is -0.494. The smallest absolute Gasteiger partial charge is 0.341 e. The molecule has 0 saturated heterocycles. The molecule has 0 aromatic rings. The summed E-state index contributed by atoms with van der Waals surface area (Å²) in [6.07, 6.45) is 6.17.